The summed E-state index contributed by atoms with van der Waals surface area (Å²) in [6.07, 6.45) is 0. The highest BCUT2D eigenvalue weighted by Crippen LogP contribution is 2.35. The number of amides is 1. The van der Waals surface area contributed by atoms with Gasteiger partial charge >= 0.3 is 0 Å². The van der Waals surface area contributed by atoms with Crippen molar-refractivity contribution < 1.29 is 9.18 Å². The summed E-state index contributed by atoms with van der Waals surface area (Å²) < 4.78 is 13.1. The summed E-state index contributed by atoms with van der Waals surface area (Å²) in [5, 5.41) is 11.9. The van der Waals surface area contributed by atoms with Crippen molar-refractivity contribution in [1.82, 2.24) is 15.2 Å². The maximum Gasteiger partial charge on any atom is 0.242 e. The lowest BCUT2D eigenvalue weighted by atomic mass is 10.1. The third-order valence-electron chi connectivity index (χ3n) is 3.89. The van der Waals surface area contributed by atoms with Crippen molar-refractivity contribution in [3.05, 3.63) is 83.5 Å². The average Bonchev–Trinajstić information content (AvgIpc) is 3.40. The maximum absolute atomic E-state index is 13.1. The van der Waals surface area contributed by atoms with Gasteiger partial charge in [0.15, 0.2) is 5.82 Å². The van der Waals surface area contributed by atoms with Crippen molar-refractivity contribution in [3.8, 4) is 10.7 Å². The summed E-state index contributed by atoms with van der Waals surface area (Å²) in [7, 11) is 0. The molecule has 0 fully saturated rings. The van der Waals surface area contributed by atoms with Crippen LogP contribution in [0.2, 0.25) is 0 Å². The van der Waals surface area contributed by atoms with Gasteiger partial charge in [0, 0.05) is 5.69 Å². The van der Waals surface area contributed by atoms with Gasteiger partial charge in [-0.15, -0.1) is 16.4 Å². The van der Waals surface area contributed by atoms with Gasteiger partial charge in [0.25, 0.3) is 0 Å². The third-order valence-corrected chi connectivity index (χ3v) is 5.89. The molecule has 4 aromatic rings. The van der Waals surface area contributed by atoms with Crippen LogP contribution in [0.3, 0.4) is 0 Å². The van der Waals surface area contributed by atoms with Crippen molar-refractivity contribution in [3.63, 3.8) is 0 Å². The largest absolute Gasteiger partial charge is 0.325 e. The first-order valence-electron chi connectivity index (χ1n) is 8.43. The number of hydrogen-bond acceptors (Lipinski definition) is 5. The van der Waals surface area contributed by atoms with Gasteiger partial charge in [-0.2, -0.15) is 0 Å². The number of nitrogens with one attached hydrogen (secondary N) is 2. The topological polar surface area (TPSA) is 70.7 Å². The number of benzene rings is 2. The second-order valence-corrected chi connectivity index (χ2v) is 7.87. The lowest BCUT2D eigenvalue weighted by Crippen LogP contribution is -2.19. The number of carbonyl (C=O) groups is 1. The van der Waals surface area contributed by atoms with Crippen LogP contribution in [0.25, 0.3) is 10.7 Å². The van der Waals surface area contributed by atoms with E-state index < -0.39 is 5.25 Å². The number of thioether (sulfide) groups is 1. The van der Waals surface area contributed by atoms with E-state index in [-0.39, 0.29) is 11.7 Å². The molecule has 2 aromatic carbocycles. The number of rotatable bonds is 6. The zero-order chi connectivity index (χ0) is 19.3. The Morgan fingerprint density at radius 1 is 1.07 bits per heavy atom. The van der Waals surface area contributed by atoms with Gasteiger partial charge in [0.2, 0.25) is 11.1 Å². The van der Waals surface area contributed by atoms with Crippen molar-refractivity contribution >= 4 is 34.7 Å². The van der Waals surface area contributed by atoms with Crippen LogP contribution in [0.1, 0.15) is 10.8 Å². The SMILES string of the molecule is O=C(Nc1ccc(F)cc1)[C@@H](Sc1n[nH]c(-c2cccs2)n1)c1ccccc1. The van der Waals surface area contributed by atoms with Crippen LogP contribution in [-0.4, -0.2) is 21.1 Å². The number of aromatic amines is 1. The molecule has 28 heavy (non-hydrogen) atoms. The first-order valence-corrected chi connectivity index (χ1v) is 10.2. The molecule has 2 heterocycles. The van der Waals surface area contributed by atoms with Crippen molar-refractivity contribution in [2.45, 2.75) is 10.4 Å². The normalized spacial score (nSPS) is 11.9. The van der Waals surface area contributed by atoms with Crippen LogP contribution < -0.4 is 5.32 Å². The summed E-state index contributed by atoms with van der Waals surface area (Å²) >= 11 is 2.82. The van der Waals surface area contributed by atoms with Gasteiger partial charge in [0.05, 0.1) is 4.88 Å². The van der Waals surface area contributed by atoms with Crippen molar-refractivity contribution in [2.75, 3.05) is 5.32 Å². The molecule has 1 amide bonds. The van der Waals surface area contributed by atoms with Crippen LogP contribution in [-0.2, 0) is 4.79 Å². The van der Waals surface area contributed by atoms with Gasteiger partial charge in [-0.05, 0) is 41.3 Å². The Labute approximate surface area is 169 Å². The molecule has 140 valence electrons. The molecule has 0 aliphatic heterocycles. The van der Waals surface area contributed by atoms with Crippen LogP contribution in [0, 0.1) is 5.82 Å². The molecule has 0 aliphatic rings. The first kappa shape index (κ1) is 18.4. The molecule has 2 aromatic heterocycles. The summed E-state index contributed by atoms with van der Waals surface area (Å²) in [4.78, 5) is 18.4. The zero-order valence-electron chi connectivity index (χ0n) is 14.5. The molecule has 0 saturated heterocycles. The second kappa shape index (κ2) is 8.37. The Bertz CT molecular complexity index is 1050. The van der Waals surface area contributed by atoms with E-state index >= 15 is 0 Å². The number of H-pyrrole nitrogens is 1. The van der Waals surface area contributed by atoms with E-state index in [1.54, 1.807) is 11.3 Å². The highest BCUT2D eigenvalue weighted by atomic mass is 32.2. The monoisotopic (exact) mass is 410 g/mol. The van der Waals surface area contributed by atoms with Crippen molar-refractivity contribution in [2.24, 2.45) is 0 Å². The molecular weight excluding hydrogens is 395 g/mol. The van der Waals surface area contributed by atoms with Crippen LogP contribution in [0.4, 0.5) is 10.1 Å². The van der Waals surface area contributed by atoms with Gasteiger partial charge in [-0.25, -0.2) is 9.37 Å². The Kier molecular flexibility index (Phi) is 5.50. The predicted molar refractivity (Wildman–Crippen MR) is 110 cm³/mol. The number of anilines is 1. The van der Waals surface area contributed by atoms with Gasteiger partial charge in [-0.3, -0.25) is 9.89 Å². The third kappa shape index (κ3) is 4.29. The van der Waals surface area contributed by atoms with Crippen LogP contribution >= 0.6 is 23.1 Å². The Morgan fingerprint density at radius 3 is 2.57 bits per heavy atom. The molecular formula is C20H15FN4OS2. The smallest absolute Gasteiger partial charge is 0.242 e. The van der Waals surface area contributed by atoms with Crippen LogP contribution in [0.15, 0.2) is 77.3 Å². The molecule has 0 saturated carbocycles. The van der Waals surface area contributed by atoms with E-state index in [2.05, 4.69) is 20.5 Å². The van der Waals surface area contributed by atoms with E-state index in [9.17, 15) is 9.18 Å². The molecule has 1 atom stereocenters. The molecule has 4 rings (SSSR count). The second-order valence-electron chi connectivity index (χ2n) is 5.85. The number of aromatic nitrogens is 3. The highest BCUT2D eigenvalue weighted by Gasteiger charge is 2.24. The molecule has 8 heteroatoms. The van der Waals surface area contributed by atoms with Crippen LogP contribution in [0.5, 0.6) is 0 Å². The lowest BCUT2D eigenvalue weighted by molar-refractivity contribution is -0.115. The number of halogens is 1. The standard InChI is InChI=1S/C20H15FN4OS2/c21-14-8-10-15(11-9-14)22-19(26)17(13-5-2-1-3-6-13)28-20-23-18(24-25-20)16-7-4-12-27-16/h1-12,17H,(H,22,26)(H,23,24,25)/t17-/m0/s1. The first-order chi connectivity index (χ1) is 13.7. The van der Waals surface area contributed by atoms with Gasteiger partial charge < -0.3 is 5.32 Å². The fourth-order valence-electron chi connectivity index (χ4n) is 2.57. The summed E-state index contributed by atoms with van der Waals surface area (Å²) in [5.41, 5.74) is 1.36. The van der Waals surface area contributed by atoms with E-state index in [1.807, 2.05) is 47.8 Å². The Balaban J connectivity index is 1.57. The highest BCUT2D eigenvalue weighted by molar-refractivity contribution is 8.00. The minimum atomic E-state index is -0.557. The number of carbonyl (C=O) groups excluding carboxylic acids is 1. The fourth-order valence-corrected chi connectivity index (χ4v) is 4.15. The predicted octanol–water partition coefficient (Wildman–Crippen LogP) is 5.14. The molecule has 2 N–H and O–H groups in total. The minimum absolute atomic E-state index is 0.231. The fraction of sp³-hybridized carbons (Fsp3) is 0.0500. The molecule has 0 radical (unpaired) electrons. The minimum Gasteiger partial charge on any atom is -0.325 e. The number of nitrogens with zero attached hydrogens (tertiary/aromatic N) is 2. The summed E-state index contributed by atoms with van der Waals surface area (Å²) in [6, 6.07) is 19.0. The summed E-state index contributed by atoms with van der Waals surface area (Å²) in [5.74, 6) is 0.0855. The van der Waals surface area contributed by atoms with E-state index in [0.717, 1.165) is 10.4 Å². The molecule has 0 bridgehead atoms. The van der Waals surface area contributed by atoms with Crippen molar-refractivity contribution in [1.29, 1.82) is 0 Å². The lowest BCUT2D eigenvalue weighted by Gasteiger charge is -2.15. The average molecular weight is 410 g/mol. The Morgan fingerprint density at radius 2 is 1.86 bits per heavy atom. The molecule has 0 unspecified atom stereocenters. The molecule has 0 spiro atoms. The van der Waals surface area contributed by atoms with Gasteiger partial charge in [-0.1, -0.05) is 48.2 Å². The van der Waals surface area contributed by atoms with E-state index in [0.29, 0.717) is 16.7 Å². The quantitative estimate of drug-likeness (QED) is 0.432. The van der Waals surface area contributed by atoms with E-state index in [1.165, 1.54) is 36.0 Å². The Hall–Kier alpha value is -2.97. The zero-order valence-corrected chi connectivity index (χ0v) is 16.1. The number of hydrogen-bond donors (Lipinski definition) is 2. The maximum atomic E-state index is 13.1. The molecule has 0 aliphatic carbocycles. The van der Waals surface area contributed by atoms with Gasteiger partial charge in [0.1, 0.15) is 11.1 Å². The van der Waals surface area contributed by atoms with E-state index in [4.69, 9.17) is 0 Å². The number of thiophene rings is 1. The molecule has 5 nitrogen and oxygen atoms in total. The summed E-state index contributed by atoms with van der Waals surface area (Å²) in [6.45, 7) is 0.